The fraction of sp³-hybridized carbons (Fsp3) is 0.619. The number of rotatable bonds is 7. The highest BCUT2D eigenvalue weighted by molar-refractivity contribution is 5.35. The van der Waals surface area contributed by atoms with Gasteiger partial charge in [-0.3, -0.25) is 0 Å². The summed E-state index contributed by atoms with van der Waals surface area (Å²) in [5.74, 6) is 0.857. The molecule has 0 aliphatic carbocycles. The zero-order chi connectivity index (χ0) is 16.0. The van der Waals surface area contributed by atoms with E-state index in [1.807, 2.05) is 0 Å². The highest BCUT2D eigenvalue weighted by Crippen LogP contribution is 2.38. The largest absolute Gasteiger partial charge is 0.377 e. The molecule has 2 atom stereocenters. The van der Waals surface area contributed by atoms with Crippen LogP contribution in [0.2, 0.25) is 0 Å². The minimum Gasteiger partial charge on any atom is -0.377 e. The van der Waals surface area contributed by atoms with Gasteiger partial charge in [0, 0.05) is 18.5 Å². The van der Waals surface area contributed by atoms with Gasteiger partial charge in [-0.25, -0.2) is 0 Å². The molecule has 2 unspecified atom stereocenters. The van der Waals surface area contributed by atoms with Crippen molar-refractivity contribution in [2.75, 3.05) is 13.1 Å². The van der Waals surface area contributed by atoms with E-state index >= 15 is 0 Å². The van der Waals surface area contributed by atoms with Crippen molar-refractivity contribution >= 4 is 0 Å². The van der Waals surface area contributed by atoms with Crippen molar-refractivity contribution in [1.29, 1.82) is 0 Å². The lowest BCUT2D eigenvalue weighted by Gasteiger charge is -2.39. The molecule has 0 saturated heterocycles. The number of benzene rings is 1. The molecular formula is C21H33N. The Labute approximate surface area is 137 Å². The summed E-state index contributed by atoms with van der Waals surface area (Å²) in [5.41, 5.74) is 3.18. The molecule has 0 spiro atoms. The summed E-state index contributed by atoms with van der Waals surface area (Å²) in [6, 6.07) is 11.0. The van der Waals surface area contributed by atoms with E-state index in [1.165, 1.54) is 56.3 Å². The Hall–Kier alpha value is -1.24. The van der Waals surface area contributed by atoms with Crippen LogP contribution in [0.1, 0.15) is 65.4 Å². The third kappa shape index (κ3) is 4.15. The van der Waals surface area contributed by atoms with Crippen LogP contribution in [0.5, 0.6) is 0 Å². The average Bonchev–Trinajstić information content (AvgIpc) is 2.55. The zero-order valence-electron chi connectivity index (χ0n) is 14.9. The van der Waals surface area contributed by atoms with Crippen molar-refractivity contribution < 1.29 is 0 Å². The van der Waals surface area contributed by atoms with Crippen LogP contribution >= 0.6 is 0 Å². The van der Waals surface area contributed by atoms with Crippen LogP contribution in [-0.4, -0.2) is 18.0 Å². The van der Waals surface area contributed by atoms with Crippen molar-refractivity contribution in [3.8, 4) is 0 Å². The average molecular weight is 300 g/mol. The molecule has 1 aromatic carbocycles. The van der Waals surface area contributed by atoms with Crippen LogP contribution < -0.4 is 0 Å². The van der Waals surface area contributed by atoms with Crippen molar-refractivity contribution in [2.45, 2.75) is 65.2 Å². The lowest BCUT2D eigenvalue weighted by Crippen LogP contribution is -2.36. The smallest absolute Gasteiger partial charge is 0.0184 e. The summed E-state index contributed by atoms with van der Waals surface area (Å²) < 4.78 is 0. The highest BCUT2D eigenvalue weighted by atomic mass is 15.1. The van der Waals surface area contributed by atoms with Gasteiger partial charge >= 0.3 is 0 Å². The summed E-state index contributed by atoms with van der Waals surface area (Å²) in [5, 5.41) is 0. The third-order valence-electron chi connectivity index (χ3n) is 5.52. The van der Waals surface area contributed by atoms with Crippen LogP contribution in [0, 0.1) is 5.92 Å². The second-order valence-electron chi connectivity index (χ2n) is 7.33. The predicted octanol–water partition coefficient (Wildman–Crippen LogP) is 5.77. The van der Waals surface area contributed by atoms with Crippen LogP contribution in [0.4, 0.5) is 0 Å². The van der Waals surface area contributed by atoms with Gasteiger partial charge in [0.2, 0.25) is 0 Å². The van der Waals surface area contributed by atoms with Crippen molar-refractivity contribution in [1.82, 2.24) is 4.90 Å². The Bertz CT molecular complexity index is 476. The molecule has 1 nitrogen and oxygen atoms in total. The Morgan fingerprint density at radius 1 is 1.18 bits per heavy atom. The van der Waals surface area contributed by atoms with Crippen LogP contribution in [0.3, 0.4) is 0 Å². The standard InChI is InChI=1S/C21H33N/c1-5-6-10-18(2)13-15-22-16-14-21(4,19(3)17-22)20-11-8-7-9-12-20/h7-9,11-12,17-18H,5-6,10,13-16H2,1-4H3. The summed E-state index contributed by atoms with van der Waals surface area (Å²) in [4.78, 5) is 2.54. The fourth-order valence-corrected chi connectivity index (χ4v) is 3.48. The van der Waals surface area contributed by atoms with E-state index in [-0.39, 0.29) is 5.41 Å². The van der Waals surface area contributed by atoms with Gasteiger partial charge in [-0.2, -0.15) is 0 Å². The first-order valence-corrected chi connectivity index (χ1v) is 9.04. The van der Waals surface area contributed by atoms with Gasteiger partial charge in [-0.1, -0.05) is 70.4 Å². The molecule has 1 heteroatoms. The normalized spacial score (nSPS) is 23.3. The molecule has 1 heterocycles. The first kappa shape index (κ1) is 17.1. The Morgan fingerprint density at radius 2 is 1.91 bits per heavy atom. The number of allylic oxidation sites excluding steroid dienone is 1. The second kappa shape index (κ2) is 7.85. The molecule has 122 valence electrons. The minimum atomic E-state index is 0.214. The van der Waals surface area contributed by atoms with E-state index in [0.29, 0.717) is 0 Å². The topological polar surface area (TPSA) is 3.24 Å². The Morgan fingerprint density at radius 3 is 2.55 bits per heavy atom. The molecule has 1 aromatic rings. The van der Waals surface area contributed by atoms with Gasteiger partial charge in [-0.15, -0.1) is 0 Å². The monoisotopic (exact) mass is 299 g/mol. The zero-order valence-corrected chi connectivity index (χ0v) is 14.9. The molecule has 1 aliphatic heterocycles. The Kier molecular flexibility index (Phi) is 6.11. The number of hydrogen-bond donors (Lipinski definition) is 0. The first-order valence-electron chi connectivity index (χ1n) is 9.04. The molecule has 0 saturated carbocycles. The molecule has 2 rings (SSSR count). The molecule has 22 heavy (non-hydrogen) atoms. The first-order chi connectivity index (χ1) is 10.6. The molecule has 0 radical (unpaired) electrons. The summed E-state index contributed by atoms with van der Waals surface area (Å²) in [7, 11) is 0. The van der Waals surface area contributed by atoms with Gasteiger partial charge in [0.15, 0.2) is 0 Å². The van der Waals surface area contributed by atoms with Crippen molar-refractivity contribution in [3.05, 3.63) is 47.7 Å². The van der Waals surface area contributed by atoms with Crippen LogP contribution in [-0.2, 0) is 5.41 Å². The van der Waals surface area contributed by atoms with Gasteiger partial charge in [-0.05, 0) is 43.0 Å². The van der Waals surface area contributed by atoms with Crippen molar-refractivity contribution in [2.24, 2.45) is 5.92 Å². The maximum Gasteiger partial charge on any atom is 0.0184 e. The van der Waals surface area contributed by atoms with E-state index in [4.69, 9.17) is 0 Å². The molecule has 0 N–H and O–H groups in total. The highest BCUT2D eigenvalue weighted by Gasteiger charge is 2.32. The van der Waals surface area contributed by atoms with Crippen LogP contribution in [0.25, 0.3) is 0 Å². The van der Waals surface area contributed by atoms with Gasteiger partial charge < -0.3 is 4.90 Å². The fourth-order valence-electron chi connectivity index (χ4n) is 3.48. The maximum absolute atomic E-state index is 2.54. The number of unbranched alkanes of at least 4 members (excludes halogenated alkanes) is 1. The molecule has 0 bridgehead atoms. The minimum absolute atomic E-state index is 0.214. The van der Waals surface area contributed by atoms with E-state index < -0.39 is 0 Å². The summed E-state index contributed by atoms with van der Waals surface area (Å²) in [6.45, 7) is 11.8. The number of hydrogen-bond acceptors (Lipinski definition) is 1. The predicted molar refractivity (Wildman–Crippen MR) is 97.0 cm³/mol. The molecule has 1 aliphatic rings. The molecule has 0 fully saturated rings. The van der Waals surface area contributed by atoms with Gasteiger partial charge in [0.25, 0.3) is 0 Å². The lowest BCUT2D eigenvalue weighted by molar-refractivity contribution is 0.275. The molecule has 0 aromatic heterocycles. The van der Waals surface area contributed by atoms with E-state index in [2.05, 4.69) is 69.1 Å². The second-order valence-corrected chi connectivity index (χ2v) is 7.33. The van der Waals surface area contributed by atoms with Crippen LogP contribution in [0.15, 0.2) is 42.1 Å². The van der Waals surface area contributed by atoms with E-state index in [0.717, 1.165) is 5.92 Å². The van der Waals surface area contributed by atoms with E-state index in [9.17, 15) is 0 Å². The third-order valence-corrected chi connectivity index (χ3v) is 5.52. The summed E-state index contributed by atoms with van der Waals surface area (Å²) >= 11 is 0. The number of nitrogens with zero attached hydrogens (tertiary/aromatic N) is 1. The van der Waals surface area contributed by atoms with E-state index in [1.54, 1.807) is 0 Å². The molecular weight excluding hydrogens is 266 g/mol. The quantitative estimate of drug-likeness (QED) is 0.617. The Balaban J connectivity index is 1.95. The lowest BCUT2D eigenvalue weighted by atomic mass is 9.72. The SMILES string of the molecule is CCCCC(C)CCN1C=C(C)C(C)(c2ccccc2)CC1. The maximum atomic E-state index is 2.54. The molecule has 0 amide bonds. The van der Waals surface area contributed by atoms with Gasteiger partial charge in [0.05, 0.1) is 0 Å². The van der Waals surface area contributed by atoms with Gasteiger partial charge in [0.1, 0.15) is 0 Å². The summed E-state index contributed by atoms with van der Waals surface area (Å²) in [6.07, 6.45) is 9.05. The van der Waals surface area contributed by atoms with Crippen molar-refractivity contribution in [3.63, 3.8) is 0 Å².